The number of nitrogens with zero attached hydrogens (tertiary/aromatic N) is 2. The predicted molar refractivity (Wildman–Crippen MR) is 49.1 cm³/mol. The van der Waals surface area contributed by atoms with E-state index in [-0.39, 0.29) is 5.41 Å². The van der Waals surface area contributed by atoms with Crippen molar-refractivity contribution in [1.29, 1.82) is 5.26 Å². The Labute approximate surface area is 78.3 Å². The summed E-state index contributed by atoms with van der Waals surface area (Å²) < 4.78 is 5.03. The first-order chi connectivity index (χ1) is 5.96. The standard InChI is InChI=1S/C10H14N2O/c1-7-9(8(2)13-12-7)5-10(3,4)6-11/h5H2,1-4H3. The van der Waals surface area contributed by atoms with Crippen LogP contribution in [0.15, 0.2) is 4.52 Å². The molecule has 0 atom stereocenters. The molecule has 0 fully saturated rings. The average Bonchev–Trinajstić information content (AvgIpc) is 2.36. The summed E-state index contributed by atoms with van der Waals surface area (Å²) in [7, 11) is 0. The van der Waals surface area contributed by atoms with E-state index in [9.17, 15) is 0 Å². The lowest BCUT2D eigenvalue weighted by molar-refractivity contribution is 0.390. The number of rotatable bonds is 2. The van der Waals surface area contributed by atoms with Crippen LogP contribution in [0.5, 0.6) is 0 Å². The van der Waals surface area contributed by atoms with Gasteiger partial charge in [0.15, 0.2) is 0 Å². The molecule has 0 spiro atoms. The van der Waals surface area contributed by atoms with E-state index in [1.807, 2.05) is 27.7 Å². The third-order valence-electron chi connectivity index (χ3n) is 2.10. The average molecular weight is 178 g/mol. The van der Waals surface area contributed by atoms with Crippen LogP contribution in [0.25, 0.3) is 0 Å². The summed E-state index contributed by atoms with van der Waals surface area (Å²) in [5.41, 5.74) is 1.61. The Hall–Kier alpha value is -1.30. The van der Waals surface area contributed by atoms with Gasteiger partial charge in [0.1, 0.15) is 5.76 Å². The van der Waals surface area contributed by atoms with Gasteiger partial charge in [-0.25, -0.2) is 0 Å². The van der Waals surface area contributed by atoms with E-state index in [1.54, 1.807) is 0 Å². The van der Waals surface area contributed by atoms with Gasteiger partial charge in [0.2, 0.25) is 0 Å². The van der Waals surface area contributed by atoms with E-state index >= 15 is 0 Å². The molecule has 0 unspecified atom stereocenters. The van der Waals surface area contributed by atoms with E-state index in [0.29, 0.717) is 6.42 Å². The van der Waals surface area contributed by atoms with Crippen LogP contribution in [-0.4, -0.2) is 5.16 Å². The highest BCUT2D eigenvalue weighted by Gasteiger charge is 2.21. The van der Waals surface area contributed by atoms with Crippen molar-refractivity contribution in [3.8, 4) is 6.07 Å². The smallest absolute Gasteiger partial charge is 0.137 e. The number of aryl methyl sites for hydroxylation is 2. The number of hydrogen-bond donors (Lipinski definition) is 0. The molecule has 0 radical (unpaired) electrons. The minimum Gasteiger partial charge on any atom is -0.361 e. The van der Waals surface area contributed by atoms with Crippen LogP contribution in [0.1, 0.15) is 30.9 Å². The number of hydrogen-bond acceptors (Lipinski definition) is 3. The van der Waals surface area contributed by atoms with Crippen LogP contribution >= 0.6 is 0 Å². The normalized spacial score (nSPS) is 11.3. The monoisotopic (exact) mass is 178 g/mol. The van der Waals surface area contributed by atoms with Crippen molar-refractivity contribution in [2.24, 2.45) is 5.41 Å². The summed E-state index contributed by atoms with van der Waals surface area (Å²) in [5.74, 6) is 0.820. The Morgan fingerprint density at radius 3 is 2.46 bits per heavy atom. The van der Waals surface area contributed by atoms with Crippen molar-refractivity contribution in [2.45, 2.75) is 34.1 Å². The van der Waals surface area contributed by atoms with Gasteiger partial charge in [-0.2, -0.15) is 5.26 Å². The van der Waals surface area contributed by atoms with Gasteiger partial charge in [0.05, 0.1) is 17.2 Å². The number of nitriles is 1. The SMILES string of the molecule is Cc1noc(C)c1CC(C)(C)C#N. The maximum atomic E-state index is 8.87. The first-order valence-corrected chi connectivity index (χ1v) is 4.29. The van der Waals surface area contributed by atoms with Gasteiger partial charge < -0.3 is 4.52 Å². The molecule has 3 nitrogen and oxygen atoms in total. The van der Waals surface area contributed by atoms with E-state index in [2.05, 4.69) is 11.2 Å². The highest BCUT2D eigenvalue weighted by Crippen LogP contribution is 2.24. The molecule has 0 bridgehead atoms. The van der Waals surface area contributed by atoms with Gasteiger partial charge in [-0.15, -0.1) is 0 Å². The summed E-state index contributed by atoms with van der Waals surface area (Å²) in [6, 6.07) is 2.26. The van der Waals surface area contributed by atoms with E-state index < -0.39 is 0 Å². The highest BCUT2D eigenvalue weighted by atomic mass is 16.5. The molecule has 0 aliphatic rings. The summed E-state index contributed by atoms with van der Waals surface area (Å²) in [6.07, 6.45) is 0.699. The minimum absolute atomic E-state index is 0.346. The first kappa shape index (κ1) is 9.79. The maximum absolute atomic E-state index is 8.87. The molecule has 0 amide bonds. The lowest BCUT2D eigenvalue weighted by atomic mass is 9.87. The molecule has 70 valence electrons. The maximum Gasteiger partial charge on any atom is 0.137 e. The van der Waals surface area contributed by atoms with E-state index in [4.69, 9.17) is 9.78 Å². The molecule has 1 rings (SSSR count). The zero-order valence-electron chi connectivity index (χ0n) is 8.51. The Morgan fingerprint density at radius 2 is 2.08 bits per heavy atom. The molecule has 0 aliphatic carbocycles. The lowest BCUT2D eigenvalue weighted by Crippen LogP contribution is -2.12. The van der Waals surface area contributed by atoms with Gasteiger partial charge in [0.25, 0.3) is 0 Å². The molecule has 1 aromatic heterocycles. The van der Waals surface area contributed by atoms with Crippen LogP contribution in [0.3, 0.4) is 0 Å². The van der Waals surface area contributed by atoms with Gasteiger partial charge in [-0.1, -0.05) is 5.16 Å². The molecule has 0 N–H and O–H groups in total. The zero-order chi connectivity index (χ0) is 10.1. The predicted octanol–water partition coefficient (Wildman–Crippen LogP) is 2.38. The fraction of sp³-hybridized carbons (Fsp3) is 0.600. The largest absolute Gasteiger partial charge is 0.361 e. The van der Waals surface area contributed by atoms with E-state index in [1.165, 1.54) is 0 Å². The van der Waals surface area contributed by atoms with Crippen molar-refractivity contribution < 1.29 is 4.52 Å². The van der Waals surface area contributed by atoms with Crippen LogP contribution in [0.2, 0.25) is 0 Å². The Morgan fingerprint density at radius 1 is 1.46 bits per heavy atom. The van der Waals surface area contributed by atoms with Gasteiger partial charge in [-0.3, -0.25) is 0 Å². The molecular formula is C10H14N2O. The molecule has 0 aromatic carbocycles. The van der Waals surface area contributed by atoms with E-state index in [0.717, 1.165) is 17.0 Å². The minimum atomic E-state index is -0.346. The van der Waals surface area contributed by atoms with Crippen molar-refractivity contribution >= 4 is 0 Å². The molecule has 0 saturated carbocycles. The van der Waals surface area contributed by atoms with Gasteiger partial charge >= 0.3 is 0 Å². The van der Waals surface area contributed by atoms with Crippen molar-refractivity contribution in [2.75, 3.05) is 0 Å². The van der Waals surface area contributed by atoms with Crippen molar-refractivity contribution in [3.05, 3.63) is 17.0 Å². The quantitative estimate of drug-likeness (QED) is 0.698. The van der Waals surface area contributed by atoms with Crippen molar-refractivity contribution in [1.82, 2.24) is 5.16 Å². The molecular weight excluding hydrogens is 164 g/mol. The van der Waals surface area contributed by atoms with Crippen LogP contribution in [0, 0.1) is 30.6 Å². The van der Waals surface area contributed by atoms with Crippen LogP contribution in [0.4, 0.5) is 0 Å². The Kier molecular flexibility index (Phi) is 2.42. The summed E-state index contributed by atoms with van der Waals surface area (Å²) in [4.78, 5) is 0. The van der Waals surface area contributed by atoms with Gasteiger partial charge in [-0.05, 0) is 34.1 Å². The molecule has 3 heteroatoms. The Balaban J connectivity index is 2.93. The molecule has 13 heavy (non-hydrogen) atoms. The summed E-state index contributed by atoms with van der Waals surface area (Å²) in [5, 5.41) is 12.7. The third-order valence-corrected chi connectivity index (χ3v) is 2.10. The fourth-order valence-corrected chi connectivity index (χ4v) is 1.24. The topological polar surface area (TPSA) is 49.8 Å². The molecule has 0 aliphatic heterocycles. The molecule has 1 aromatic rings. The fourth-order valence-electron chi connectivity index (χ4n) is 1.24. The number of aromatic nitrogens is 1. The van der Waals surface area contributed by atoms with Crippen LogP contribution < -0.4 is 0 Å². The second-order valence-corrected chi connectivity index (χ2v) is 3.98. The van der Waals surface area contributed by atoms with Crippen LogP contribution in [-0.2, 0) is 6.42 Å². The summed E-state index contributed by atoms with van der Waals surface area (Å²) in [6.45, 7) is 7.61. The lowest BCUT2D eigenvalue weighted by Gasteiger charge is -2.13. The zero-order valence-corrected chi connectivity index (χ0v) is 8.51. The van der Waals surface area contributed by atoms with Crippen molar-refractivity contribution in [3.63, 3.8) is 0 Å². The summed E-state index contributed by atoms with van der Waals surface area (Å²) >= 11 is 0. The highest BCUT2D eigenvalue weighted by molar-refractivity contribution is 5.23. The molecule has 1 heterocycles. The second-order valence-electron chi connectivity index (χ2n) is 3.98. The molecule has 0 saturated heterocycles. The first-order valence-electron chi connectivity index (χ1n) is 4.29. The van der Waals surface area contributed by atoms with Gasteiger partial charge in [0, 0.05) is 5.56 Å². The third kappa shape index (κ3) is 2.09. The second kappa shape index (κ2) is 3.21. The Bertz CT molecular complexity index is 325.